The third kappa shape index (κ3) is 7.45. The summed E-state index contributed by atoms with van der Waals surface area (Å²) in [5, 5.41) is 8.80. The number of benzene rings is 3. The summed E-state index contributed by atoms with van der Waals surface area (Å²) in [4.78, 5) is 44.1. The molecule has 0 bridgehead atoms. The van der Waals surface area contributed by atoms with E-state index >= 15 is 0 Å². The summed E-state index contributed by atoms with van der Waals surface area (Å²) in [7, 11) is 0. The van der Waals surface area contributed by atoms with Gasteiger partial charge in [-0.1, -0.05) is 54.6 Å². The SMILES string of the molecule is CCN(CC)c1cccc(NC(=O)NC2CC(c3ccccc3)c3ccccc3N(CC(=O)NC(C)(C)C)C2=O)c1. The molecule has 0 spiro atoms. The van der Waals surface area contributed by atoms with Crippen LogP contribution in [-0.4, -0.2) is 49.1 Å². The fraction of sp³-hybridized carbons (Fsp3) is 0.364. The van der Waals surface area contributed by atoms with E-state index in [9.17, 15) is 14.4 Å². The molecule has 8 heteroatoms. The van der Waals surface area contributed by atoms with Gasteiger partial charge < -0.3 is 25.8 Å². The molecule has 1 heterocycles. The Labute approximate surface area is 243 Å². The summed E-state index contributed by atoms with van der Waals surface area (Å²) in [6.07, 6.45) is 0.351. The Morgan fingerprint density at radius 1 is 0.927 bits per heavy atom. The van der Waals surface area contributed by atoms with E-state index in [0.29, 0.717) is 17.8 Å². The van der Waals surface area contributed by atoms with Gasteiger partial charge in [-0.15, -0.1) is 0 Å². The zero-order valence-corrected chi connectivity index (χ0v) is 24.6. The van der Waals surface area contributed by atoms with Crippen LogP contribution in [0.25, 0.3) is 0 Å². The van der Waals surface area contributed by atoms with Gasteiger partial charge in [-0.05, 0) is 76.4 Å². The first kappa shape index (κ1) is 29.6. The molecule has 0 saturated carbocycles. The highest BCUT2D eigenvalue weighted by molar-refractivity contribution is 6.05. The van der Waals surface area contributed by atoms with Crippen molar-refractivity contribution in [2.75, 3.05) is 34.8 Å². The predicted octanol–water partition coefficient (Wildman–Crippen LogP) is 5.51. The third-order valence-corrected chi connectivity index (χ3v) is 7.19. The van der Waals surface area contributed by atoms with Crippen LogP contribution in [-0.2, 0) is 9.59 Å². The first-order chi connectivity index (χ1) is 19.6. The van der Waals surface area contributed by atoms with Crippen LogP contribution in [0.2, 0.25) is 0 Å². The highest BCUT2D eigenvalue weighted by Gasteiger charge is 2.37. The molecule has 2 unspecified atom stereocenters. The summed E-state index contributed by atoms with van der Waals surface area (Å²) in [6.45, 7) is 11.4. The van der Waals surface area contributed by atoms with Gasteiger partial charge in [0.15, 0.2) is 0 Å². The van der Waals surface area contributed by atoms with Crippen molar-refractivity contribution in [2.45, 2.75) is 58.5 Å². The number of amides is 4. The van der Waals surface area contributed by atoms with Gasteiger partial charge in [-0.3, -0.25) is 9.59 Å². The maximum atomic E-state index is 14.1. The van der Waals surface area contributed by atoms with Crippen LogP contribution >= 0.6 is 0 Å². The number of para-hydroxylation sites is 1. The Balaban J connectivity index is 1.65. The van der Waals surface area contributed by atoms with Crippen LogP contribution in [0.3, 0.4) is 0 Å². The lowest BCUT2D eigenvalue weighted by atomic mass is 9.86. The zero-order valence-electron chi connectivity index (χ0n) is 24.6. The fourth-order valence-corrected chi connectivity index (χ4v) is 5.38. The number of nitrogens with one attached hydrogen (secondary N) is 3. The molecule has 0 aliphatic carbocycles. The minimum Gasteiger partial charge on any atom is -0.372 e. The van der Waals surface area contributed by atoms with E-state index < -0.39 is 17.6 Å². The van der Waals surface area contributed by atoms with E-state index in [1.165, 1.54) is 4.90 Å². The van der Waals surface area contributed by atoms with E-state index in [2.05, 4.69) is 34.7 Å². The lowest BCUT2D eigenvalue weighted by Gasteiger charge is -2.28. The molecule has 4 rings (SSSR count). The maximum absolute atomic E-state index is 14.1. The molecule has 3 aromatic carbocycles. The summed E-state index contributed by atoms with van der Waals surface area (Å²) < 4.78 is 0. The fourth-order valence-electron chi connectivity index (χ4n) is 5.38. The molecule has 0 saturated heterocycles. The molecule has 3 aromatic rings. The van der Waals surface area contributed by atoms with Crippen molar-refractivity contribution in [3.05, 3.63) is 90.0 Å². The number of hydrogen-bond donors (Lipinski definition) is 3. The number of hydrogen-bond acceptors (Lipinski definition) is 4. The number of rotatable bonds is 8. The number of carbonyl (C=O) groups is 3. The molecule has 0 aromatic heterocycles. The molecule has 41 heavy (non-hydrogen) atoms. The number of nitrogens with zero attached hydrogens (tertiary/aromatic N) is 2. The van der Waals surface area contributed by atoms with Gasteiger partial charge in [0.05, 0.1) is 0 Å². The second kappa shape index (κ2) is 12.9. The average Bonchev–Trinajstić information content (AvgIpc) is 3.04. The first-order valence-electron chi connectivity index (χ1n) is 14.3. The third-order valence-electron chi connectivity index (χ3n) is 7.19. The van der Waals surface area contributed by atoms with E-state index in [1.54, 1.807) is 0 Å². The molecule has 8 nitrogen and oxygen atoms in total. The minimum absolute atomic E-state index is 0.152. The lowest BCUT2D eigenvalue weighted by Crippen LogP contribution is -2.53. The Bertz CT molecular complexity index is 1360. The van der Waals surface area contributed by atoms with Crippen molar-refractivity contribution < 1.29 is 14.4 Å². The van der Waals surface area contributed by atoms with Crippen LogP contribution in [0.5, 0.6) is 0 Å². The van der Waals surface area contributed by atoms with Gasteiger partial charge in [0.25, 0.3) is 0 Å². The van der Waals surface area contributed by atoms with Crippen molar-refractivity contribution in [3.63, 3.8) is 0 Å². The molecule has 4 amide bonds. The maximum Gasteiger partial charge on any atom is 0.319 e. The number of fused-ring (bicyclic) bond motifs is 1. The second-order valence-electron chi connectivity index (χ2n) is 11.4. The van der Waals surface area contributed by atoms with Crippen molar-refractivity contribution >= 4 is 34.9 Å². The second-order valence-corrected chi connectivity index (χ2v) is 11.4. The highest BCUT2D eigenvalue weighted by Crippen LogP contribution is 2.39. The lowest BCUT2D eigenvalue weighted by molar-refractivity contribution is -0.125. The van der Waals surface area contributed by atoms with Crippen molar-refractivity contribution in [2.24, 2.45) is 0 Å². The van der Waals surface area contributed by atoms with Crippen molar-refractivity contribution in [1.82, 2.24) is 10.6 Å². The highest BCUT2D eigenvalue weighted by atomic mass is 16.2. The Morgan fingerprint density at radius 2 is 1.61 bits per heavy atom. The molecule has 216 valence electrons. The predicted molar refractivity (Wildman–Crippen MR) is 166 cm³/mol. The molecule has 0 fully saturated rings. The summed E-state index contributed by atoms with van der Waals surface area (Å²) >= 11 is 0. The summed E-state index contributed by atoms with van der Waals surface area (Å²) in [5.74, 6) is -0.759. The number of anilines is 3. The first-order valence-corrected chi connectivity index (χ1v) is 14.3. The molecule has 0 radical (unpaired) electrons. The van der Waals surface area contributed by atoms with Crippen molar-refractivity contribution in [1.29, 1.82) is 0 Å². The zero-order chi connectivity index (χ0) is 29.6. The van der Waals surface area contributed by atoms with Gasteiger partial charge in [0.1, 0.15) is 12.6 Å². The van der Waals surface area contributed by atoms with E-state index in [-0.39, 0.29) is 24.3 Å². The van der Waals surface area contributed by atoms with Crippen molar-refractivity contribution in [3.8, 4) is 0 Å². The van der Waals surface area contributed by atoms with Gasteiger partial charge >= 0.3 is 6.03 Å². The quantitative estimate of drug-likeness (QED) is 0.342. The molecular formula is C33H41N5O3. The molecule has 3 N–H and O–H groups in total. The normalized spacial score (nSPS) is 16.8. The summed E-state index contributed by atoms with van der Waals surface area (Å²) in [6, 6.07) is 24.0. The van der Waals surface area contributed by atoms with Crippen LogP contribution in [0.4, 0.5) is 21.9 Å². The van der Waals surface area contributed by atoms with Gasteiger partial charge in [-0.25, -0.2) is 4.79 Å². The summed E-state index contributed by atoms with van der Waals surface area (Å²) in [5.41, 5.74) is 3.84. The van der Waals surface area contributed by atoms with Crippen LogP contribution in [0, 0.1) is 0 Å². The topological polar surface area (TPSA) is 93.8 Å². The molecule has 2 atom stereocenters. The number of urea groups is 1. The smallest absolute Gasteiger partial charge is 0.319 e. The minimum atomic E-state index is -0.860. The average molecular weight is 556 g/mol. The van der Waals surface area contributed by atoms with Crippen LogP contribution in [0.1, 0.15) is 58.1 Å². The largest absolute Gasteiger partial charge is 0.372 e. The van der Waals surface area contributed by atoms with E-state index in [4.69, 9.17) is 0 Å². The van der Waals surface area contributed by atoms with E-state index in [1.807, 2.05) is 99.6 Å². The van der Waals surface area contributed by atoms with E-state index in [0.717, 1.165) is 29.9 Å². The van der Waals surface area contributed by atoms with Gasteiger partial charge in [0.2, 0.25) is 11.8 Å². The van der Waals surface area contributed by atoms with Crippen LogP contribution in [0.15, 0.2) is 78.9 Å². The Morgan fingerprint density at radius 3 is 2.29 bits per heavy atom. The van der Waals surface area contributed by atoms with Crippen LogP contribution < -0.4 is 25.8 Å². The molecule has 1 aliphatic heterocycles. The molecule has 1 aliphatic rings. The molecular weight excluding hydrogens is 514 g/mol. The Kier molecular flexibility index (Phi) is 9.32. The standard InChI is InChI=1S/C33H41N5O3/c1-6-37(7-2)25-17-13-16-24(20-25)34-32(41)35-28-21-27(23-14-9-8-10-15-23)26-18-11-12-19-29(26)38(31(28)40)22-30(39)36-33(3,4)5/h8-20,27-28H,6-7,21-22H2,1-5H3,(H,36,39)(H2,34,35,41). The monoisotopic (exact) mass is 555 g/mol. The Hall–Kier alpha value is -4.33. The van der Waals surface area contributed by atoms with Gasteiger partial charge in [-0.2, -0.15) is 0 Å². The number of carbonyl (C=O) groups excluding carboxylic acids is 3. The van der Waals surface area contributed by atoms with Gasteiger partial charge in [0, 0.05) is 41.6 Å².